The number of hydrogen-bond donors (Lipinski definition) is 1. The maximum atomic E-state index is 14.1. The van der Waals surface area contributed by atoms with Crippen LogP contribution in [-0.2, 0) is 6.54 Å². The molecule has 0 aliphatic carbocycles. The molecule has 4 heteroatoms. The Kier molecular flexibility index (Phi) is 3.80. The maximum absolute atomic E-state index is 14.1. The molecule has 2 aromatic rings. The Hall–Kier alpha value is -2.07. The molecule has 2 N–H and O–H groups in total. The lowest BCUT2D eigenvalue weighted by Crippen LogP contribution is -2.12. The van der Waals surface area contributed by atoms with Crippen molar-refractivity contribution in [1.82, 2.24) is 0 Å². The summed E-state index contributed by atoms with van der Waals surface area (Å²) in [6.07, 6.45) is 0. The fourth-order valence-electron chi connectivity index (χ4n) is 2.34. The summed E-state index contributed by atoms with van der Waals surface area (Å²) >= 11 is 0. The van der Waals surface area contributed by atoms with Crippen molar-refractivity contribution in [3.8, 4) is 22.6 Å². The van der Waals surface area contributed by atoms with Crippen LogP contribution in [0.2, 0.25) is 0 Å². The molecule has 2 aromatic carbocycles. The molecule has 0 fully saturated rings. The van der Waals surface area contributed by atoms with Crippen LogP contribution in [0.5, 0.6) is 11.5 Å². The third kappa shape index (κ3) is 2.85. The lowest BCUT2D eigenvalue weighted by atomic mass is 10.0. The molecular weight excluding hydrogens is 269 g/mol. The Morgan fingerprint density at radius 1 is 1.10 bits per heavy atom. The van der Waals surface area contributed by atoms with E-state index in [0.29, 0.717) is 42.7 Å². The molecule has 3 nitrogen and oxygen atoms in total. The minimum Gasteiger partial charge on any atom is -0.489 e. The summed E-state index contributed by atoms with van der Waals surface area (Å²) in [6, 6.07) is 10.4. The second-order valence-electron chi connectivity index (χ2n) is 5.41. The van der Waals surface area contributed by atoms with E-state index in [0.717, 1.165) is 11.1 Å². The zero-order chi connectivity index (χ0) is 14.8. The van der Waals surface area contributed by atoms with E-state index in [2.05, 4.69) is 6.92 Å². The van der Waals surface area contributed by atoms with Crippen molar-refractivity contribution in [2.45, 2.75) is 13.5 Å². The number of benzene rings is 2. The van der Waals surface area contributed by atoms with E-state index < -0.39 is 0 Å². The summed E-state index contributed by atoms with van der Waals surface area (Å²) in [7, 11) is 0. The van der Waals surface area contributed by atoms with Crippen molar-refractivity contribution in [3.05, 3.63) is 47.8 Å². The molecule has 3 rings (SSSR count). The van der Waals surface area contributed by atoms with Gasteiger partial charge in [-0.2, -0.15) is 0 Å². The average molecular weight is 287 g/mol. The average Bonchev–Trinajstić information content (AvgIpc) is 2.69. The first kappa shape index (κ1) is 13.9. The Morgan fingerprint density at radius 3 is 2.62 bits per heavy atom. The SMILES string of the molecule is CC1COc2ccc(-c3cc(CN)ccc3F)cc2OC1. The Balaban J connectivity index is 2.01. The molecular formula is C17H18FNO2. The van der Waals surface area contributed by atoms with Crippen LogP contribution in [-0.4, -0.2) is 13.2 Å². The number of ether oxygens (including phenoxy) is 2. The van der Waals surface area contributed by atoms with E-state index >= 15 is 0 Å². The first-order valence-electron chi connectivity index (χ1n) is 7.06. The van der Waals surface area contributed by atoms with Gasteiger partial charge in [0, 0.05) is 18.0 Å². The van der Waals surface area contributed by atoms with Crippen LogP contribution in [0.25, 0.3) is 11.1 Å². The van der Waals surface area contributed by atoms with Crippen LogP contribution < -0.4 is 15.2 Å². The molecule has 1 aliphatic rings. The smallest absolute Gasteiger partial charge is 0.161 e. The minimum atomic E-state index is -0.268. The van der Waals surface area contributed by atoms with Crippen LogP contribution in [0, 0.1) is 11.7 Å². The molecule has 21 heavy (non-hydrogen) atoms. The highest BCUT2D eigenvalue weighted by atomic mass is 19.1. The molecule has 1 heterocycles. The number of halogens is 1. The lowest BCUT2D eigenvalue weighted by molar-refractivity contribution is 0.228. The molecule has 0 bridgehead atoms. The summed E-state index contributed by atoms with van der Waals surface area (Å²) in [4.78, 5) is 0. The van der Waals surface area contributed by atoms with E-state index in [1.165, 1.54) is 6.07 Å². The van der Waals surface area contributed by atoms with Crippen LogP contribution >= 0.6 is 0 Å². The Morgan fingerprint density at radius 2 is 1.86 bits per heavy atom. The van der Waals surface area contributed by atoms with E-state index in [4.69, 9.17) is 15.2 Å². The van der Waals surface area contributed by atoms with Crippen molar-refractivity contribution in [3.63, 3.8) is 0 Å². The van der Waals surface area contributed by atoms with Gasteiger partial charge in [-0.1, -0.05) is 19.1 Å². The van der Waals surface area contributed by atoms with Gasteiger partial charge in [0.05, 0.1) is 13.2 Å². The summed E-state index contributed by atoms with van der Waals surface area (Å²) in [6.45, 7) is 3.68. The van der Waals surface area contributed by atoms with Crippen molar-refractivity contribution in [2.75, 3.05) is 13.2 Å². The molecule has 1 unspecified atom stereocenters. The van der Waals surface area contributed by atoms with Gasteiger partial charge in [-0.15, -0.1) is 0 Å². The van der Waals surface area contributed by atoms with Crippen molar-refractivity contribution >= 4 is 0 Å². The number of fused-ring (bicyclic) bond motifs is 1. The zero-order valence-electron chi connectivity index (χ0n) is 11.9. The molecule has 0 aromatic heterocycles. The topological polar surface area (TPSA) is 44.5 Å². The Bertz CT molecular complexity index is 657. The molecule has 0 saturated heterocycles. The number of nitrogens with two attached hydrogens (primary N) is 1. The molecule has 1 aliphatic heterocycles. The molecule has 0 amide bonds. The van der Waals surface area contributed by atoms with E-state index in [1.807, 2.05) is 18.2 Å². The fraction of sp³-hybridized carbons (Fsp3) is 0.294. The molecule has 0 radical (unpaired) electrons. The summed E-state index contributed by atoms with van der Waals surface area (Å²) in [5.74, 6) is 1.43. The molecule has 1 atom stereocenters. The highest BCUT2D eigenvalue weighted by Crippen LogP contribution is 2.35. The lowest BCUT2D eigenvalue weighted by Gasteiger charge is -2.11. The highest BCUT2D eigenvalue weighted by Gasteiger charge is 2.16. The third-order valence-corrected chi connectivity index (χ3v) is 3.57. The van der Waals surface area contributed by atoms with Crippen molar-refractivity contribution in [1.29, 1.82) is 0 Å². The summed E-state index contributed by atoms with van der Waals surface area (Å²) in [5.41, 5.74) is 7.81. The predicted molar refractivity (Wildman–Crippen MR) is 79.9 cm³/mol. The second kappa shape index (κ2) is 5.74. The first-order chi connectivity index (χ1) is 10.2. The molecule has 0 saturated carbocycles. The minimum absolute atomic E-state index is 0.268. The third-order valence-electron chi connectivity index (χ3n) is 3.57. The van der Waals surface area contributed by atoms with E-state index in [9.17, 15) is 4.39 Å². The normalized spacial score (nSPS) is 17.4. The zero-order valence-corrected chi connectivity index (χ0v) is 11.9. The molecule has 0 spiro atoms. The van der Waals surface area contributed by atoms with Gasteiger partial charge in [-0.05, 0) is 35.4 Å². The number of hydrogen-bond acceptors (Lipinski definition) is 3. The number of rotatable bonds is 2. The van der Waals surface area contributed by atoms with Gasteiger partial charge in [-0.25, -0.2) is 4.39 Å². The predicted octanol–water partition coefficient (Wildman–Crippen LogP) is 3.36. The largest absolute Gasteiger partial charge is 0.489 e. The van der Waals surface area contributed by atoms with Crippen LogP contribution in [0.15, 0.2) is 36.4 Å². The van der Waals surface area contributed by atoms with Gasteiger partial charge < -0.3 is 15.2 Å². The summed E-state index contributed by atoms with van der Waals surface area (Å²) < 4.78 is 25.5. The van der Waals surface area contributed by atoms with Crippen LogP contribution in [0.3, 0.4) is 0 Å². The van der Waals surface area contributed by atoms with Crippen molar-refractivity contribution < 1.29 is 13.9 Å². The monoisotopic (exact) mass is 287 g/mol. The van der Waals surface area contributed by atoms with Gasteiger partial charge in [0.1, 0.15) is 5.82 Å². The molecule has 110 valence electrons. The standard InChI is InChI=1S/C17H18FNO2/c1-11-9-20-16-5-3-13(7-17(16)21-10-11)14-6-12(8-19)2-4-15(14)18/h2-7,11H,8-10,19H2,1H3. The first-order valence-corrected chi connectivity index (χ1v) is 7.06. The van der Waals surface area contributed by atoms with Gasteiger partial charge >= 0.3 is 0 Å². The van der Waals surface area contributed by atoms with Gasteiger partial charge in [-0.3, -0.25) is 0 Å². The Labute approximate surface area is 123 Å². The van der Waals surface area contributed by atoms with Gasteiger partial charge in [0.25, 0.3) is 0 Å². The van der Waals surface area contributed by atoms with Gasteiger partial charge in [0.15, 0.2) is 11.5 Å². The second-order valence-corrected chi connectivity index (χ2v) is 5.41. The summed E-state index contributed by atoms with van der Waals surface area (Å²) in [5, 5.41) is 0. The fourth-order valence-corrected chi connectivity index (χ4v) is 2.34. The van der Waals surface area contributed by atoms with Crippen molar-refractivity contribution in [2.24, 2.45) is 11.7 Å². The van der Waals surface area contributed by atoms with E-state index in [-0.39, 0.29) is 5.82 Å². The van der Waals surface area contributed by atoms with Crippen LogP contribution in [0.4, 0.5) is 4.39 Å². The maximum Gasteiger partial charge on any atom is 0.161 e. The van der Waals surface area contributed by atoms with Crippen LogP contribution in [0.1, 0.15) is 12.5 Å². The van der Waals surface area contributed by atoms with E-state index in [1.54, 1.807) is 12.1 Å². The highest BCUT2D eigenvalue weighted by molar-refractivity contribution is 5.68. The quantitative estimate of drug-likeness (QED) is 0.921. The van der Waals surface area contributed by atoms with Gasteiger partial charge in [0.2, 0.25) is 0 Å².